The molecule has 0 aromatic heterocycles. The van der Waals surface area contributed by atoms with Crippen LogP contribution < -0.4 is 10.1 Å². The second kappa shape index (κ2) is 4.28. The van der Waals surface area contributed by atoms with Gasteiger partial charge in [-0.2, -0.15) is 0 Å². The Morgan fingerprint density at radius 2 is 2.00 bits per heavy atom. The number of rotatable bonds is 5. The van der Waals surface area contributed by atoms with Crippen molar-refractivity contribution in [2.75, 3.05) is 12.4 Å². The third-order valence-corrected chi connectivity index (χ3v) is 3.33. The molecule has 0 bridgehead atoms. The molecule has 4 heteroatoms. The van der Waals surface area contributed by atoms with Gasteiger partial charge in [0.1, 0.15) is 11.3 Å². The van der Waals surface area contributed by atoms with Crippen molar-refractivity contribution in [3.63, 3.8) is 0 Å². The molecule has 1 unspecified atom stereocenters. The zero-order valence-corrected chi connectivity index (χ0v) is 10.1. The zero-order chi connectivity index (χ0) is 12.5. The van der Waals surface area contributed by atoms with Gasteiger partial charge in [-0.3, -0.25) is 0 Å². The summed E-state index contributed by atoms with van der Waals surface area (Å²) in [5.74, 6) is 0.192. The van der Waals surface area contributed by atoms with Gasteiger partial charge in [-0.25, -0.2) is 4.79 Å². The molecule has 1 atom stereocenters. The molecular formula is C13H17NO3. The second-order valence-electron chi connectivity index (χ2n) is 4.64. The van der Waals surface area contributed by atoms with Gasteiger partial charge in [0.25, 0.3) is 0 Å². The van der Waals surface area contributed by atoms with Crippen LogP contribution in [-0.2, 0) is 4.79 Å². The Morgan fingerprint density at radius 3 is 2.41 bits per heavy atom. The Morgan fingerprint density at radius 1 is 1.41 bits per heavy atom. The van der Waals surface area contributed by atoms with Crippen molar-refractivity contribution in [2.24, 2.45) is 5.92 Å². The number of benzene rings is 1. The number of ether oxygens (including phenoxy) is 1. The summed E-state index contributed by atoms with van der Waals surface area (Å²) in [4.78, 5) is 11.3. The van der Waals surface area contributed by atoms with E-state index in [4.69, 9.17) is 4.74 Å². The Balaban J connectivity index is 2.14. The maximum absolute atomic E-state index is 11.3. The van der Waals surface area contributed by atoms with Gasteiger partial charge in [0.15, 0.2) is 0 Å². The normalized spacial score (nSPS) is 18.2. The summed E-state index contributed by atoms with van der Waals surface area (Å²) in [5.41, 5.74) is -0.0585. The number of anilines is 1. The topological polar surface area (TPSA) is 58.6 Å². The molecule has 1 aliphatic rings. The minimum Gasteiger partial charge on any atom is -0.497 e. The van der Waals surface area contributed by atoms with Crippen molar-refractivity contribution in [3.8, 4) is 5.75 Å². The van der Waals surface area contributed by atoms with Gasteiger partial charge in [0, 0.05) is 5.69 Å². The first-order valence-electron chi connectivity index (χ1n) is 5.72. The van der Waals surface area contributed by atoms with Crippen LogP contribution in [0.1, 0.15) is 19.8 Å². The largest absolute Gasteiger partial charge is 0.497 e. The molecule has 2 rings (SSSR count). The summed E-state index contributed by atoms with van der Waals surface area (Å²) < 4.78 is 5.06. The number of carboxylic acid groups (broad SMARTS) is 1. The summed E-state index contributed by atoms with van der Waals surface area (Å²) in [6, 6.07) is 7.31. The molecule has 1 aromatic rings. The predicted octanol–water partition coefficient (Wildman–Crippen LogP) is 2.36. The van der Waals surface area contributed by atoms with E-state index in [1.807, 2.05) is 24.3 Å². The minimum atomic E-state index is -0.866. The molecule has 0 heterocycles. The lowest BCUT2D eigenvalue weighted by molar-refractivity contribution is -0.142. The van der Waals surface area contributed by atoms with E-state index >= 15 is 0 Å². The van der Waals surface area contributed by atoms with Gasteiger partial charge in [-0.15, -0.1) is 0 Å². The quantitative estimate of drug-likeness (QED) is 0.822. The van der Waals surface area contributed by atoms with Crippen LogP contribution >= 0.6 is 0 Å². The smallest absolute Gasteiger partial charge is 0.329 e. The number of carbonyl (C=O) groups is 1. The van der Waals surface area contributed by atoms with Crippen LogP contribution in [0.4, 0.5) is 5.69 Å². The van der Waals surface area contributed by atoms with Crippen LogP contribution in [0.5, 0.6) is 5.75 Å². The van der Waals surface area contributed by atoms with Gasteiger partial charge in [-0.1, -0.05) is 0 Å². The average Bonchev–Trinajstić information content (AvgIpc) is 3.13. The number of aliphatic carboxylic acids is 1. The molecular weight excluding hydrogens is 218 g/mol. The number of carboxylic acids is 1. The average molecular weight is 235 g/mol. The first-order valence-corrected chi connectivity index (χ1v) is 5.72. The lowest BCUT2D eigenvalue weighted by Crippen LogP contribution is -2.45. The van der Waals surface area contributed by atoms with E-state index in [1.165, 1.54) is 0 Å². The first-order chi connectivity index (χ1) is 8.06. The standard InChI is InChI=1S/C13H17NO3/c1-13(12(15)16,9-3-4-9)14-10-5-7-11(17-2)8-6-10/h5-9,14H,3-4H2,1-2H3,(H,15,16). The molecule has 0 aliphatic heterocycles. The summed E-state index contributed by atoms with van der Waals surface area (Å²) in [7, 11) is 1.61. The van der Waals surface area contributed by atoms with E-state index < -0.39 is 11.5 Å². The third-order valence-electron chi connectivity index (χ3n) is 3.33. The van der Waals surface area contributed by atoms with Crippen LogP contribution in [0.3, 0.4) is 0 Å². The molecule has 4 nitrogen and oxygen atoms in total. The molecule has 0 spiro atoms. The van der Waals surface area contributed by atoms with Gasteiger partial charge in [-0.05, 0) is 49.9 Å². The molecule has 1 saturated carbocycles. The number of hydrogen-bond donors (Lipinski definition) is 2. The highest BCUT2D eigenvalue weighted by Gasteiger charge is 2.47. The fourth-order valence-corrected chi connectivity index (χ4v) is 1.97. The molecule has 1 fully saturated rings. The molecule has 17 heavy (non-hydrogen) atoms. The van der Waals surface area contributed by atoms with Gasteiger partial charge in [0.05, 0.1) is 7.11 Å². The Bertz CT molecular complexity index is 411. The fraction of sp³-hybridized carbons (Fsp3) is 0.462. The SMILES string of the molecule is COc1ccc(NC(C)(C(=O)O)C2CC2)cc1. The summed E-state index contributed by atoms with van der Waals surface area (Å²) in [5, 5.41) is 12.4. The Labute approximate surface area is 101 Å². The molecule has 0 radical (unpaired) electrons. The summed E-state index contributed by atoms with van der Waals surface area (Å²) >= 11 is 0. The first kappa shape index (κ1) is 11.8. The van der Waals surface area contributed by atoms with E-state index in [0.29, 0.717) is 0 Å². The maximum atomic E-state index is 11.3. The van der Waals surface area contributed by atoms with Crippen molar-refractivity contribution in [3.05, 3.63) is 24.3 Å². The highest BCUT2D eigenvalue weighted by Crippen LogP contribution is 2.41. The van der Waals surface area contributed by atoms with Crippen molar-refractivity contribution in [1.82, 2.24) is 0 Å². The fourth-order valence-electron chi connectivity index (χ4n) is 1.97. The van der Waals surface area contributed by atoms with Gasteiger partial charge < -0.3 is 15.2 Å². The molecule has 0 amide bonds. The number of hydrogen-bond acceptors (Lipinski definition) is 3. The predicted molar refractivity (Wildman–Crippen MR) is 65.4 cm³/mol. The second-order valence-corrected chi connectivity index (χ2v) is 4.64. The van der Waals surface area contributed by atoms with Crippen LogP contribution in [-0.4, -0.2) is 23.7 Å². The van der Waals surface area contributed by atoms with E-state index in [9.17, 15) is 9.90 Å². The van der Waals surface area contributed by atoms with Crippen molar-refractivity contribution >= 4 is 11.7 Å². The molecule has 0 saturated heterocycles. The van der Waals surface area contributed by atoms with Crippen molar-refractivity contribution in [1.29, 1.82) is 0 Å². The summed E-state index contributed by atoms with van der Waals surface area (Å²) in [6.45, 7) is 1.75. The van der Waals surface area contributed by atoms with Crippen LogP contribution in [0, 0.1) is 5.92 Å². The third kappa shape index (κ3) is 2.35. The van der Waals surface area contributed by atoms with E-state index in [1.54, 1.807) is 14.0 Å². The molecule has 1 aromatic carbocycles. The zero-order valence-electron chi connectivity index (χ0n) is 10.1. The van der Waals surface area contributed by atoms with Gasteiger partial charge in [0.2, 0.25) is 0 Å². The number of nitrogens with one attached hydrogen (secondary N) is 1. The lowest BCUT2D eigenvalue weighted by Gasteiger charge is -2.27. The van der Waals surface area contributed by atoms with Crippen molar-refractivity contribution < 1.29 is 14.6 Å². The van der Waals surface area contributed by atoms with Crippen LogP contribution in [0.15, 0.2) is 24.3 Å². The van der Waals surface area contributed by atoms with E-state index in [0.717, 1.165) is 24.3 Å². The highest BCUT2D eigenvalue weighted by molar-refractivity contribution is 5.83. The summed E-state index contributed by atoms with van der Waals surface area (Å²) in [6.07, 6.45) is 1.96. The van der Waals surface area contributed by atoms with E-state index in [-0.39, 0.29) is 5.92 Å². The van der Waals surface area contributed by atoms with E-state index in [2.05, 4.69) is 5.32 Å². The maximum Gasteiger partial charge on any atom is 0.329 e. The van der Waals surface area contributed by atoms with Crippen LogP contribution in [0.2, 0.25) is 0 Å². The van der Waals surface area contributed by atoms with Crippen LogP contribution in [0.25, 0.3) is 0 Å². The molecule has 1 aliphatic carbocycles. The number of methoxy groups -OCH3 is 1. The van der Waals surface area contributed by atoms with Crippen molar-refractivity contribution in [2.45, 2.75) is 25.3 Å². The lowest BCUT2D eigenvalue weighted by atomic mass is 9.95. The Hall–Kier alpha value is -1.71. The minimum absolute atomic E-state index is 0.224. The van der Waals surface area contributed by atoms with Gasteiger partial charge >= 0.3 is 5.97 Å². The highest BCUT2D eigenvalue weighted by atomic mass is 16.5. The Kier molecular flexibility index (Phi) is 2.96. The monoisotopic (exact) mass is 235 g/mol. The molecule has 2 N–H and O–H groups in total. The molecule has 92 valence electrons.